The van der Waals surface area contributed by atoms with Crippen LogP contribution < -0.4 is 5.32 Å². The highest BCUT2D eigenvalue weighted by atomic mass is 16.2. The van der Waals surface area contributed by atoms with Gasteiger partial charge in [0.25, 0.3) is 0 Å². The van der Waals surface area contributed by atoms with Crippen LogP contribution in [-0.2, 0) is 11.3 Å². The van der Waals surface area contributed by atoms with Crippen LogP contribution in [0.25, 0.3) is 0 Å². The van der Waals surface area contributed by atoms with Crippen molar-refractivity contribution >= 4 is 5.91 Å². The van der Waals surface area contributed by atoms with Gasteiger partial charge in [0.2, 0.25) is 5.91 Å². The summed E-state index contributed by atoms with van der Waals surface area (Å²) in [6, 6.07) is 3.78. The molecule has 1 aromatic rings. The summed E-state index contributed by atoms with van der Waals surface area (Å²) in [4.78, 5) is 20.3. The molecule has 0 saturated carbocycles. The summed E-state index contributed by atoms with van der Waals surface area (Å²) in [6.07, 6.45) is 3.53. The quantitative estimate of drug-likeness (QED) is 0.814. The predicted molar refractivity (Wildman–Crippen MR) is 70.0 cm³/mol. The number of amides is 1. The lowest BCUT2D eigenvalue weighted by Gasteiger charge is -2.32. The van der Waals surface area contributed by atoms with Crippen LogP contribution in [0.3, 0.4) is 0 Å². The number of piperazine rings is 1. The van der Waals surface area contributed by atoms with E-state index in [1.807, 2.05) is 26.2 Å². The van der Waals surface area contributed by atoms with Crippen LogP contribution in [0.4, 0.5) is 0 Å². The number of rotatable bonds is 3. The van der Waals surface area contributed by atoms with Crippen molar-refractivity contribution in [2.45, 2.75) is 12.6 Å². The second kappa shape index (κ2) is 5.93. The highest BCUT2D eigenvalue weighted by Crippen LogP contribution is 2.05. The molecule has 1 amide bonds. The van der Waals surface area contributed by atoms with E-state index in [1.54, 1.807) is 17.3 Å². The van der Waals surface area contributed by atoms with Gasteiger partial charge in [0.05, 0.1) is 6.04 Å². The van der Waals surface area contributed by atoms with Gasteiger partial charge in [-0.1, -0.05) is 6.07 Å². The molecule has 1 fully saturated rings. The lowest BCUT2D eigenvalue weighted by molar-refractivity contribution is -0.133. The Labute approximate surface area is 108 Å². The van der Waals surface area contributed by atoms with Gasteiger partial charge in [0.1, 0.15) is 0 Å². The van der Waals surface area contributed by atoms with E-state index >= 15 is 0 Å². The summed E-state index contributed by atoms with van der Waals surface area (Å²) in [5.41, 5.74) is 1.05. The number of nitrogens with zero attached hydrogens (tertiary/aromatic N) is 3. The molecule has 1 aliphatic heterocycles. The smallest absolute Gasteiger partial charge is 0.241 e. The lowest BCUT2D eigenvalue weighted by atomic mass is 10.2. The molecule has 0 spiro atoms. The van der Waals surface area contributed by atoms with Gasteiger partial charge in [0.15, 0.2) is 0 Å². The van der Waals surface area contributed by atoms with Crippen LogP contribution >= 0.6 is 0 Å². The standard InChI is InChI=1S/C13H20N4O/c1-16-7-6-15-12(10-16)13(18)17(2)9-11-4-3-5-14-8-11/h3-5,8,12,15H,6-7,9-10H2,1-2H3. The third-order valence-electron chi connectivity index (χ3n) is 3.20. The number of carbonyl (C=O) groups excluding carboxylic acids is 1. The second-order valence-electron chi connectivity index (χ2n) is 4.82. The number of aromatic nitrogens is 1. The first-order valence-electron chi connectivity index (χ1n) is 6.22. The number of carbonyl (C=O) groups is 1. The largest absolute Gasteiger partial charge is 0.340 e. The molecular weight excluding hydrogens is 228 g/mol. The maximum atomic E-state index is 12.3. The third kappa shape index (κ3) is 3.27. The third-order valence-corrected chi connectivity index (χ3v) is 3.20. The first kappa shape index (κ1) is 13.0. The highest BCUT2D eigenvalue weighted by molar-refractivity contribution is 5.82. The Bertz CT molecular complexity index is 395. The Kier molecular flexibility index (Phi) is 4.28. The molecule has 98 valence electrons. The van der Waals surface area contributed by atoms with Crippen molar-refractivity contribution in [3.63, 3.8) is 0 Å². The van der Waals surface area contributed by atoms with Crippen molar-refractivity contribution in [2.75, 3.05) is 33.7 Å². The minimum absolute atomic E-state index is 0.0922. The highest BCUT2D eigenvalue weighted by Gasteiger charge is 2.25. The van der Waals surface area contributed by atoms with Gasteiger partial charge in [-0.3, -0.25) is 9.78 Å². The van der Waals surface area contributed by atoms with Crippen LogP contribution in [0.2, 0.25) is 0 Å². The normalized spacial score (nSPS) is 20.7. The summed E-state index contributed by atoms with van der Waals surface area (Å²) in [6.45, 7) is 3.24. The molecule has 2 rings (SSSR count). The van der Waals surface area contributed by atoms with E-state index in [9.17, 15) is 4.79 Å². The number of likely N-dealkylation sites (N-methyl/N-ethyl adjacent to an activating group) is 2. The summed E-state index contributed by atoms with van der Waals surface area (Å²) in [5, 5.41) is 3.27. The molecule has 1 aliphatic rings. The molecule has 0 bridgehead atoms. The molecule has 5 heteroatoms. The number of hydrogen-bond donors (Lipinski definition) is 1. The SMILES string of the molecule is CN1CCNC(C(=O)N(C)Cc2cccnc2)C1. The van der Waals surface area contributed by atoms with E-state index in [2.05, 4.69) is 15.2 Å². The van der Waals surface area contributed by atoms with Crippen molar-refractivity contribution in [1.29, 1.82) is 0 Å². The molecule has 1 atom stereocenters. The molecule has 1 aromatic heterocycles. The zero-order chi connectivity index (χ0) is 13.0. The predicted octanol–water partition coefficient (Wildman–Crippen LogP) is -0.0564. The van der Waals surface area contributed by atoms with Gasteiger partial charge in [-0.25, -0.2) is 0 Å². The minimum Gasteiger partial charge on any atom is -0.340 e. The van der Waals surface area contributed by atoms with Gasteiger partial charge in [0, 0.05) is 45.6 Å². The van der Waals surface area contributed by atoms with Gasteiger partial charge < -0.3 is 15.1 Å². The monoisotopic (exact) mass is 248 g/mol. The maximum Gasteiger partial charge on any atom is 0.241 e. The first-order valence-corrected chi connectivity index (χ1v) is 6.22. The Morgan fingerprint density at radius 1 is 1.67 bits per heavy atom. The zero-order valence-corrected chi connectivity index (χ0v) is 11.0. The Morgan fingerprint density at radius 3 is 3.17 bits per heavy atom. The Hall–Kier alpha value is -1.46. The van der Waals surface area contributed by atoms with Crippen molar-refractivity contribution in [3.8, 4) is 0 Å². The molecule has 5 nitrogen and oxygen atoms in total. The van der Waals surface area contributed by atoms with E-state index in [1.165, 1.54) is 0 Å². The molecular formula is C13H20N4O. The maximum absolute atomic E-state index is 12.3. The summed E-state index contributed by atoms with van der Waals surface area (Å²) < 4.78 is 0. The molecule has 0 radical (unpaired) electrons. The fraction of sp³-hybridized carbons (Fsp3) is 0.538. The van der Waals surface area contributed by atoms with Crippen LogP contribution in [0.1, 0.15) is 5.56 Å². The molecule has 1 saturated heterocycles. The average molecular weight is 248 g/mol. The van der Waals surface area contributed by atoms with E-state index < -0.39 is 0 Å². The number of hydrogen-bond acceptors (Lipinski definition) is 4. The van der Waals surface area contributed by atoms with E-state index in [0.717, 1.165) is 25.2 Å². The zero-order valence-electron chi connectivity index (χ0n) is 11.0. The molecule has 1 unspecified atom stereocenters. The van der Waals surface area contributed by atoms with Crippen LogP contribution in [0, 0.1) is 0 Å². The Morgan fingerprint density at radius 2 is 2.50 bits per heavy atom. The number of pyridine rings is 1. The molecule has 1 N–H and O–H groups in total. The van der Waals surface area contributed by atoms with Gasteiger partial charge in [-0.2, -0.15) is 0 Å². The average Bonchev–Trinajstić information content (AvgIpc) is 2.39. The van der Waals surface area contributed by atoms with Crippen molar-refractivity contribution in [2.24, 2.45) is 0 Å². The van der Waals surface area contributed by atoms with Crippen LogP contribution in [0.5, 0.6) is 0 Å². The van der Waals surface area contributed by atoms with E-state index in [-0.39, 0.29) is 11.9 Å². The topological polar surface area (TPSA) is 48.5 Å². The Balaban J connectivity index is 1.92. The molecule has 0 aromatic carbocycles. The number of nitrogens with one attached hydrogen (secondary N) is 1. The second-order valence-corrected chi connectivity index (χ2v) is 4.82. The molecule has 0 aliphatic carbocycles. The van der Waals surface area contributed by atoms with Crippen molar-refractivity contribution in [1.82, 2.24) is 20.1 Å². The summed E-state index contributed by atoms with van der Waals surface area (Å²) in [5.74, 6) is 0.144. The van der Waals surface area contributed by atoms with Crippen molar-refractivity contribution in [3.05, 3.63) is 30.1 Å². The minimum atomic E-state index is -0.0922. The van der Waals surface area contributed by atoms with Crippen LogP contribution in [0.15, 0.2) is 24.5 Å². The van der Waals surface area contributed by atoms with Gasteiger partial charge in [-0.05, 0) is 18.7 Å². The van der Waals surface area contributed by atoms with Gasteiger partial charge >= 0.3 is 0 Å². The van der Waals surface area contributed by atoms with Gasteiger partial charge in [-0.15, -0.1) is 0 Å². The molecule has 18 heavy (non-hydrogen) atoms. The summed E-state index contributed by atoms with van der Waals surface area (Å²) >= 11 is 0. The lowest BCUT2D eigenvalue weighted by Crippen LogP contribution is -2.56. The van der Waals surface area contributed by atoms with E-state index in [4.69, 9.17) is 0 Å². The fourth-order valence-electron chi connectivity index (χ4n) is 2.17. The van der Waals surface area contributed by atoms with Crippen LogP contribution in [-0.4, -0.2) is 60.5 Å². The summed E-state index contributed by atoms with van der Waals surface area (Å²) in [7, 11) is 3.88. The first-order chi connectivity index (χ1) is 8.66. The van der Waals surface area contributed by atoms with E-state index in [0.29, 0.717) is 6.54 Å². The van der Waals surface area contributed by atoms with Crippen molar-refractivity contribution < 1.29 is 4.79 Å². The molecule has 2 heterocycles. The fourth-order valence-corrected chi connectivity index (χ4v) is 2.17.